The van der Waals surface area contributed by atoms with Crippen LogP contribution in [-0.4, -0.2) is 12.9 Å². The van der Waals surface area contributed by atoms with Gasteiger partial charge in [0.15, 0.2) is 0 Å². The van der Waals surface area contributed by atoms with Crippen molar-refractivity contribution >= 4 is 12.9 Å². The first-order valence-corrected chi connectivity index (χ1v) is 4.45. The van der Waals surface area contributed by atoms with E-state index in [0.29, 0.717) is 12.0 Å². The molecule has 1 heterocycles. The zero-order chi connectivity index (χ0) is 10.2. The molecule has 0 amide bonds. The largest absolute Gasteiger partial charge is 0.994 e. The third kappa shape index (κ3) is 1.50. The van der Waals surface area contributed by atoms with Crippen LogP contribution < -0.4 is 4.65 Å². The molecule has 1 aromatic rings. The van der Waals surface area contributed by atoms with Crippen molar-refractivity contribution in [3.63, 3.8) is 0 Å². The van der Waals surface area contributed by atoms with Crippen LogP contribution in [0.2, 0.25) is 0 Å². The smallest absolute Gasteiger partial charge is 0.569 e. The monoisotopic (exact) mass is 198 g/mol. The van der Waals surface area contributed by atoms with Crippen LogP contribution in [0, 0.1) is 0 Å². The second-order valence-corrected chi connectivity index (χ2v) is 3.04. The normalized spacial score (nSPS) is 18.1. The van der Waals surface area contributed by atoms with Gasteiger partial charge in [-0.2, -0.15) is 0 Å². The van der Waals surface area contributed by atoms with Gasteiger partial charge in [0.2, 0.25) is 0 Å². The summed E-state index contributed by atoms with van der Waals surface area (Å²) in [7, 11) is -4.18. The fourth-order valence-corrected chi connectivity index (χ4v) is 1.47. The highest BCUT2D eigenvalue weighted by atomic mass is 19.3. The van der Waals surface area contributed by atoms with Crippen LogP contribution in [0.5, 0.6) is 5.75 Å². The van der Waals surface area contributed by atoms with Crippen LogP contribution in [0.1, 0.15) is 23.3 Å². The summed E-state index contributed by atoms with van der Waals surface area (Å²) < 4.78 is 34.7. The van der Waals surface area contributed by atoms with Gasteiger partial charge in [0.1, 0.15) is 5.56 Å². The lowest BCUT2D eigenvalue weighted by molar-refractivity contribution is -0.183. The third-order valence-electron chi connectivity index (χ3n) is 2.05. The Morgan fingerprint density at radius 3 is 2.79 bits per heavy atom. The van der Waals surface area contributed by atoms with E-state index < -0.39 is 7.11 Å². The fraction of sp³-hybridized carbons (Fsp3) is 0.222. The number of rotatable bonds is 1. The molecule has 0 spiro atoms. The van der Waals surface area contributed by atoms with E-state index in [2.05, 4.69) is 9.00 Å². The number of hydrogen-bond donors (Lipinski definition) is 0. The molecule has 1 aliphatic heterocycles. The Morgan fingerprint density at radius 1 is 1.36 bits per heavy atom. The van der Waals surface area contributed by atoms with E-state index >= 15 is 0 Å². The molecule has 5 heteroatoms. The summed E-state index contributed by atoms with van der Waals surface area (Å²) in [5.41, 5.74) is 0.614. The summed E-state index contributed by atoms with van der Waals surface area (Å²) in [6, 6.07) is 6.64. The molecular weight excluding hydrogens is 189 g/mol. The Bertz CT molecular complexity index is 390. The number of hydrogen-bond acceptors (Lipinski definition) is 1. The van der Waals surface area contributed by atoms with Gasteiger partial charge in [-0.05, 0) is 12.1 Å². The van der Waals surface area contributed by atoms with Crippen molar-refractivity contribution in [2.24, 2.45) is 0 Å². The molecule has 1 aromatic carbocycles. The van der Waals surface area contributed by atoms with Crippen molar-refractivity contribution in [3.8, 4) is 5.75 Å². The van der Waals surface area contributed by atoms with Crippen LogP contribution >= 0.6 is 0 Å². The molecule has 0 saturated heterocycles. The molecule has 0 N–H and O–H groups in total. The molecule has 0 fully saturated rings. The van der Waals surface area contributed by atoms with E-state index in [-0.39, 0.29) is 11.5 Å². The number of ketones is 1. The number of benzene rings is 1. The topological polar surface area (TPSA) is 20.5 Å². The average molecular weight is 198 g/mol. The van der Waals surface area contributed by atoms with Crippen molar-refractivity contribution in [2.45, 2.75) is 13.3 Å². The van der Waals surface area contributed by atoms with Crippen molar-refractivity contribution in [1.82, 2.24) is 0 Å². The first-order valence-electron chi connectivity index (χ1n) is 4.45. The molecule has 0 aromatic heterocycles. The van der Waals surface area contributed by atoms with Crippen molar-refractivity contribution in [2.75, 3.05) is 0 Å². The van der Waals surface area contributed by atoms with Gasteiger partial charge in [-0.3, -0.25) is 0 Å². The molecule has 74 valence electrons. The predicted molar refractivity (Wildman–Crippen MR) is 49.7 cm³/mol. The highest BCUT2D eigenvalue weighted by molar-refractivity contribution is 6.52. The Morgan fingerprint density at radius 2 is 2.07 bits per heavy atom. The van der Waals surface area contributed by atoms with Crippen LogP contribution in [-0.2, 0) is 0 Å². The molecule has 14 heavy (non-hydrogen) atoms. The van der Waals surface area contributed by atoms with E-state index in [4.69, 9.17) is 0 Å². The second-order valence-electron chi connectivity index (χ2n) is 3.04. The minimum Gasteiger partial charge on any atom is -0.569 e. The lowest BCUT2D eigenvalue weighted by Crippen LogP contribution is -2.35. The van der Waals surface area contributed by atoms with Crippen LogP contribution in [0.15, 0.2) is 24.3 Å². The van der Waals surface area contributed by atoms with Gasteiger partial charge >= 0.3 is 7.11 Å². The molecule has 0 unspecified atom stereocenters. The van der Waals surface area contributed by atoms with Crippen molar-refractivity contribution in [1.29, 1.82) is 0 Å². The van der Waals surface area contributed by atoms with Gasteiger partial charge in [0.25, 0.3) is 5.78 Å². The summed E-state index contributed by atoms with van der Waals surface area (Å²) >= 11 is 0. The minimum absolute atomic E-state index is 0.195. The maximum absolute atomic E-state index is 12.9. The molecule has 2 rings (SSSR count). The first-order chi connectivity index (χ1) is 6.62. The molecular formula is C9H9BF2O2. The Hall–Kier alpha value is -1.39. The van der Waals surface area contributed by atoms with E-state index in [1.807, 2.05) is 0 Å². The predicted octanol–water partition coefficient (Wildman–Crippen LogP) is 2.58. The highest BCUT2D eigenvalue weighted by Gasteiger charge is 2.53. The van der Waals surface area contributed by atoms with Gasteiger partial charge < -0.3 is 17.6 Å². The average Bonchev–Trinajstić information content (AvgIpc) is 2.15. The zero-order valence-corrected chi connectivity index (χ0v) is 7.67. The lowest BCUT2D eigenvalue weighted by Gasteiger charge is -2.20. The second kappa shape index (κ2) is 3.08. The van der Waals surface area contributed by atoms with E-state index in [1.54, 1.807) is 25.1 Å². The summed E-state index contributed by atoms with van der Waals surface area (Å²) in [6.07, 6.45) is 0.428. The molecule has 0 bridgehead atoms. The van der Waals surface area contributed by atoms with Crippen molar-refractivity contribution < 1.29 is 17.6 Å². The Kier molecular flexibility index (Phi) is 2.02. The summed E-state index contributed by atoms with van der Waals surface area (Å²) in [6.45, 7) is 1.77. The molecule has 2 nitrogen and oxygen atoms in total. The first kappa shape index (κ1) is 9.18. The Labute approximate surface area is 80.3 Å². The van der Waals surface area contributed by atoms with E-state index in [9.17, 15) is 8.63 Å². The summed E-state index contributed by atoms with van der Waals surface area (Å²) in [5, 5.41) is 0. The van der Waals surface area contributed by atoms with Crippen LogP contribution in [0.4, 0.5) is 8.63 Å². The highest BCUT2D eigenvalue weighted by Crippen LogP contribution is 2.29. The number of carbonyl (C=O) groups excluding carboxylic acids is 1. The molecule has 1 aliphatic rings. The quantitative estimate of drug-likeness (QED) is 0.501. The minimum atomic E-state index is -4.18. The van der Waals surface area contributed by atoms with Gasteiger partial charge in [-0.15, -0.1) is 0 Å². The van der Waals surface area contributed by atoms with Gasteiger partial charge in [0, 0.05) is 0 Å². The van der Waals surface area contributed by atoms with E-state index in [0.717, 1.165) is 0 Å². The number of para-hydroxylation sites is 1. The van der Waals surface area contributed by atoms with Crippen LogP contribution in [0.3, 0.4) is 0 Å². The standard InChI is InChI=1S/C9H9BF2O2/c1-2-8-7-5-3-4-6-9(7)14-10(11,12)13-8/h3-6H,2H2,1H3. The maximum Gasteiger partial charge on any atom is 0.994 e. The van der Waals surface area contributed by atoms with Gasteiger partial charge in [-0.25, -0.2) is 0 Å². The molecule has 0 radical (unpaired) electrons. The summed E-state index contributed by atoms with van der Waals surface area (Å²) in [5.74, 6) is 0.484. The Balaban J connectivity index is 2.53. The molecule has 0 atom stereocenters. The van der Waals surface area contributed by atoms with Gasteiger partial charge in [0.05, 0.1) is 12.2 Å². The SMILES string of the molecule is CCC1=[O+][B-](F)(F)Oc2ccccc21. The van der Waals surface area contributed by atoms with Crippen LogP contribution in [0.25, 0.3) is 0 Å². The number of halogens is 2. The van der Waals surface area contributed by atoms with E-state index in [1.165, 1.54) is 6.07 Å². The molecule has 0 aliphatic carbocycles. The van der Waals surface area contributed by atoms with Crippen molar-refractivity contribution in [3.05, 3.63) is 29.8 Å². The summed E-state index contributed by atoms with van der Waals surface area (Å²) in [4.78, 5) is 0. The lowest BCUT2D eigenvalue weighted by atomic mass is 10.0. The third-order valence-corrected chi connectivity index (χ3v) is 2.05. The van der Waals surface area contributed by atoms with Gasteiger partial charge in [-0.1, -0.05) is 19.1 Å². The fourth-order valence-electron chi connectivity index (χ4n) is 1.47. The maximum atomic E-state index is 12.9. The molecule has 0 saturated carbocycles. The zero-order valence-electron chi connectivity index (χ0n) is 7.67. The number of fused-ring (bicyclic) bond motifs is 1.